The Balaban J connectivity index is 1.74. The highest BCUT2D eigenvalue weighted by Crippen LogP contribution is 2.34. The molecule has 5 rings (SSSR count). The molecule has 0 saturated carbocycles. The van der Waals surface area contributed by atoms with E-state index < -0.39 is 0 Å². The Hall–Kier alpha value is -4.00. The van der Waals surface area contributed by atoms with Gasteiger partial charge in [-0.05, 0) is 55.5 Å². The Morgan fingerprint density at radius 3 is 2.48 bits per heavy atom. The number of aromatic nitrogens is 5. The van der Waals surface area contributed by atoms with E-state index in [-0.39, 0.29) is 11.5 Å². The number of fused-ring (bicyclic) bond motifs is 1. The highest BCUT2D eigenvalue weighted by Gasteiger charge is 2.18. The molecular formula is C24H20FN5O. The van der Waals surface area contributed by atoms with Crippen molar-refractivity contribution in [3.8, 4) is 33.9 Å². The van der Waals surface area contributed by atoms with Crippen LogP contribution in [0.2, 0.25) is 0 Å². The fraction of sp³-hybridized carbons (Fsp3) is 0.125. The molecule has 31 heavy (non-hydrogen) atoms. The molecule has 3 aromatic heterocycles. The van der Waals surface area contributed by atoms with Crippen LogP contribution in [0.3, 0.4) is 0 Å². The summed E-state index contributed by atoms with van der Waals surface area (Å²) in [6, 6.07) is 16.0. The average molecular weight is 413 g/mol. The van der Waals surface area contributed by atoms with Crippen molar-refractivity contribution in [2.75, 3.05) is 0 Å². The third-order valence-electron chi connectivity index (χ3n) is 5.51. The van der Waals surface area contributed by atoms with Crippen LogP contribution < -0.4 is 5.69 Å². The second-order valence-electron chi connectivity index (χ2n) is 7.35. The van der Waals surface area contributed by atoms with Gasteiger partial charge in [-0.2, -0.15) is 0 Å². The van der Waals surface area contributed by atoms with E-state index in [1.54, 1.807) is 40.7 Å². The maximum Gasteiger partial charge on any atom is 0.328 e. The quantitative estimate of drug-likeness (QED) is 0.468. The van der Waals surface area contributed by atoms with Crippen molar-refractivity contribution in [2.45, 2.75) is 13.5 Å². The van der Waals surface area contributed by atoms with Gasteiger partial charge in [0.05, 0.1) is 22.4 Å². The molecule has 3 heterocycles. The summed E-state index contributed by atoms with van der Waals surface area (Å²) in [5, 5.41) is 0. The Morgan fingerprint density at radius 1 is 1.00 bits per heavy atom. The van der Waals surface area contributed by atoms with Gasteiger partial charge in [0.2, 0.25) is 0 Å². The van der Waals surface area contributed by atoms with E-state index in [0.29, 0.717) is 12.4 Å². The molecule has 0 saturated heterocycles. The predicted octanol–water partition coefficient (Wildman–Crippen LogP) is 4.62. The van der Waals surface area contributed by atoms with Crippen molar-refractivity contribution in [3.63, 3.8) is 0 Å². The summed E-state index contributed by atoms with van der Waals surface area (Å²) in [5.74, 6) is 0.372. The molecule has 1 N–H and O–H groups in total. The lowest BCUT2D eigenvalue weighted by Crippen LogP contribution is -2.21. The van der Waals surface area contributed by atoms with Crippen molar-refractivity contribution >= 4 is 11.0 Å². The molecule has 0 aliphatic heterocycles. The molecular weight excluding hydrogens is 393 g/mol. The van der Waals surface area contributed by atoms with Crippen LogP contribution in [-0.4, -0.2) is 24.1 Å². The minimum Gasteiger partial charge on any atom is -0.337 e. The number of H-pyrrole nitrogens is 1. The lowest BCUT2D eigenvalue weighted by atomic mass is 10.0. The second kappa shape index (κ2) is 7.36. The molecule has 0 bridgehead atoms. The Bertz CT molecular complexity index is 1450. The third kappa shape index (κ3) is 3.15. The highest BCUT2D eigenvalue weighted by molar-refractivity contribution is 5.87. The zero-order chi connectivity index (χ0) is 21.5. The number of halogens is 1. The van der Waals surface area contributed by atoms with E-state index >= 15 is 0 Å². The lowest BCUT2D eigenvalue weighted by molar-refractivity contribution is 0.628. The van der Waals surface area contributed by atoms with Gasteiger partial charge >= 0.3 is 5.69 Å². The molecule has 154 valence electrons. The number of rotatable bonds is 4. The number of imidazole rings is 2. The van der Waals surface area contributed by atoms with Crippen LogP contribution in [0.5, 0.6) is 0 Å². The number of aryl methyl sites for hydroxylation is 2. The normalized spacial score (nSPS) is 11.3. The van der Waals surface area contributed by atoms with E-state index in [0.717, 1.165) is 39.1 Å². The largest absolute Gasteiger partial charge is 0.337 e. The lowest BCUT2D eigenvalue weighted by Gasteiger charge is -2.05. The van der Waals surface area contributed by atoms with Gasteiger partial charge in [0, 0.05) is 42.7 Å². The van der Waals surface area contributed by atoms with Crippen LogP contribution in [0.1, 0.15) is 6.92 Å². The van der Waals surface area contributed by atoms with Gasteiger partial charge < -0.3 is 4.98 Å². The average Bonchev–Trinajstić information content (AvgIpc) is 3.35. The zero-order valence-electron chi connectivity index (χ0n) is 17.1. The van der Waals surface area contributed by atoms with Gasteiger partial charge in [-0.25, -0.2) is 14.2 Å². The standard InChI is InChI=1S/C24H20FN5O/c1-3-30-19-11-8-16(13-20(19)29(2)24(30)31)22-21(15-6-9-18(25)10-7-15)27-23(28-22)17-5-4-12-26-14-17/h4-14H,3H2,1-2H3,(H,27,28). The smallest absolute Gasteiger partial charge is 0.328 e. The van der Waals surface area contributed by atoms with Crippen molar-refractivity contribution in [1.29, 1.82) is 0 Å². The number of pyridine rings is 1. The Kier molecular flexibility index (Phi) is 4.51. The summed E-state index contributed by atoms with van der Waals surface area (Å²) < 4.78 is 16.9. The van der Waals surface area contributed by atoms with Gasteiger partial charge in [0.15, 0.2) is 0 Å². The van der Waals surface area contributed by atoms with E-state index in [9.17, 15) is 9.18 Å². The first kappa shape index (κ1) is 19.0. The van der Waals surface area contributed by atoms with E-state index in [1.165, 1.54) is 12.1 Å². The monoisotopic (exact) mass is 413 g/mol. The molecule has 0 fully saturated rings. The zero-order valence-corrected chi connectivity index (χ0v) is 17.1. The summed E-state index contributed by atoms with van der Waals surface area (Å²) in [7, 11) is 1.77. The molecule has 0 atom stereocenters. The molecule has 0 aliphatic rings. The van der Waals surface area contributed by atoms with Crippen molar-refractivity contribution < 1.29 is 4.39 Å². The predicted molar refractivity (Wildman–Crippen MR) is 119 cm³/mol. The third-order valence-corrected chi connectivity index (χ3v) is 5.51. The van der Waals surface area contributed by atoms with Gasteiger partial charge in [0.25, 0.3) is 0 Å². The van der Waals surface area contributed by atoms with E-state index in [4.69, 9.17) is 4.98 Å². The number of hydrogen-bond acceptors (Lipinski definition) is 3. The first-order valence-electron chi connectivity index (χ1n) is 10.0. The summed E-state index contributed by atoms with van der Waals surface area (Å²) >= 11 is 0. The van der Waals surface area contributed by atoms with Crippen LogP contribution >= 0.6 is 0 Å². The number of aromatic amines is 1. The molecule has 0 spiro atoms. The summed E-state index contributed by atoms with van der Waals surface area (Å²) in [6.45, 7) is 2.55. The number of nitrogens with zero attached hydrogens (tertiary/aromatic N) is 4. The summed E-state index contributed by atoms with van der Waals surface area (Å²) in [5.41, 5.74) is 5.70. The van der Waals surface area contributed by atoms with Crippen LogP contribution in [-0.2, 0) is 13.6 Å². The first-order valence-corrected chi connectivity index (χ1v) is 10.0. The SMILES string of the molecule is CCn1c(=O)n(C)c2cc(-c3nc(-c4cccnc4)[nH]c3-c3ccc(F)cc3)ccc21. The Morgan fingerprint density at radius 2 is 1.77 bits per heavy atom. The second-order valence-corrected chi connectivity index (χ2v) is 7.35. The molecule has 6 nitrogen and oxygen atoms in total. The molecule has 2 aromatic carbocycles. The topological polar surface area (TPSA) is 68.5 Å². The molecule has 0 radical (unpaired) electrons. The number of nitrogens with one attached hydrogen (secondary N) is 1. The number of benzene rings is 2. The van der Waals surface area contributed by atoms with Crippen LogP contribution in [0, 0.1) is 5.82 Å². The molecule has 0 unspecified atom stereocenters. The van der Waals surface area contributed by atoms with Crippen LogP contribution in [0.15, 0.2) is 71.8 Å². The minimum absolute atomic E-state index is 0.0496. The summed E-state index contributed by atoms with van der Waals surface area (Å²) in [4.78, 5) is 24.9. The molecule has 0 amide bonds. The van der Waals surface area contributed by atoms with E-state index in [1.807, 2.05) is 37.3 Å². The van der Waals surface area contributed by atoms with E-state index in [2.05, 4.69) is 9.97 Å². The minimum atomic E-state index is -0.297. The Labute approximate surface area is 177 Å². The fourth-order valence-corrected chi connectivity index (χ4v) is 3.91. The summed E-state index contributed by atoms with van der Waals surface area (Å²) in [6.07, 6.45) is 3.45. The molecule has 0 aliphatic carbocycles. The highest BCUT2D eigenvalue weighted by atomic mass is 19.1. The first-order chi connectivity index (χ1) is 15.1. The molecule has 5 aromatic rings. The molecule has 7 heteroatoms. The van der Waals surface area contributed by atoms with Crippen molar-refractivity contribution in [3.05, 3.63) is 83.3 Å². The van der Waals surface area contributed by atoms with Gasteiger partial charge in [-0.15, -0.1) is 0 Å². The van der Waals surface area contributed by atoms with Gasteiger partial charge in [0.1, 0.15) is 11.6 Å². The number of hydrogen-bond donors (Lipinski definition) is 1. The van der Waals surface area contributed by atoms with Crippen LogP contribution in [0.25, 0.3) is 44.9 Å². The van der Waals surface area contributed by atoms with Crippen molar-refractivity contribution in [2.24, 2.45) is 7.05 Å². The van der Waals surface area contributed by atoms with Crippen molar-refractivity contribution in [1.82, 2.24) is 24.1 Å². The van der Waals surface area contributed by atoms with Gasteiger partial charge in [-0.3, -0.25) is 14.1 Å². The van der Waals surface area contributed by atoms with Crippen LogP contribution in [0.4, 0.5) is 4.39 Å². The maximum absolute atomic E-state index is 13.5. The van der Waals surface area contributed by atoms with Gasteiger partial charge in [-0.1, -0.05) is 6.07 Å². The maximum atomic E-state index is 13.5. The fourth-order valence-electron chi connectivity index (χ4n) is 3.91.